The van der Waals surface area contributed by atoms with Crippen molar-refractivity contribution in [3.05, 3.63) is 42.9 Å². The number of imidazole rings is 1. The van der Waals surface area contributed by atoms with E-state index in [0.29, 0.717) is 0 Å². The van der Waals surface area contributed by atoms with E-state index >= 15 is 0 Å². The smallest absolute Gasteiger partial charge is 0.0951 e. The molecule has 1 aromatic carbocycles. The zero-order valence-corrected chi connectivity index (χ0v) is 9.50. The zero-order chi connectivity index (χ0) is 11.4. The third-order valence-corrected chi connectivity index (χ3v) is 2.74. The lowest BCUT2D eigenvalue weighted by molar-refractivity contribution is 0.542. The van der Waals surface area contributed by atoms with E-state index in [-0.39, 0.29) is 6.04 Å². The highest BCUT2D eigenvalue weighted by molar-refractivity contribution is 5.58. The van der Waals surface area contributed by atoms with Gasteiger partial charge in [-0.2, -0.15) is 0 Å². The fraction of sp³-hybridized carbons (Fsp3) is 0.308. The van der Waals surface area contributed by atoms with E-state index < -0.39 is 0 Å². The van der Waals surface area contributed by atoms with Crippen molar-refractivity contribution in [2.45, 2.75) is 25.9 Å². The van der Waals surface area contributed by atoms with Crippen LogP contribution in [0.3, 0.4) is 0 Å². The third-order valence-electron chi connectivity index (χ3n) is 2.74. The second-order valence-electron chi connectivity index (χ2n) is 3.97. The van der Waals surface area contributed by atoms with Crippen molar-refractivity contribution in [3.63, 3.8) is 0 Å². The summed E-state index contributed by atoms with van der Waals surface area (Å²) in [6.07, 6.45) is 4.71. The summed E-state index contributed by atoms with van der Waals surface area (Å²) in [6, 6.07) is 10.5. The molecule has 0 aliphatic carbocycles. The Labute approximate surface area is 95.9 Å². The molecule has 2 aromatic rings. The highest BCUT2D eigenvalue weighted by atomic mass is 15.1. The largest absolute Gasteiger partial charge is 0.329 e. The lowest BCUT2D eigenvalue weighted by Gasteiger charge is -2.12. The van der Waals surface area contributed by atoms with Crippen molar-refractivity contribution >= 4 is 0 Å². The summed E-state index contributed by atoms with van der Waals surface area (Å²) in [5.74, 6) is 0. The van der Waals surface area contributed by atoms with Crippen molar-refractivity contribution in [2.24, 2.45) is 5.73 Å². The lowest BCUT2D eigenvalue weighted by Crippen LogP contribution is -2.25. The van der Waals surface area contributed by atoms with Gasteiger partial charge in [0.15, 0.2) is 0 Å². The zero-order valence-electron chi connectivity index (χ0n) is 9.50. The average Bonchev–Trinajstić information content (AvgIpc) is 2.78. The van der Waals surface area contributed by atoms with Crippen molar-refractivity contribution in [1.29, 1.82) is 0 Å². The molecule has 2 rings (SSSR count). The van der Waals surface area contributed by atoms with E-state index in [1.165, 1.54) is 5.56 Å². The Bertz CT molecular complexity index is 433. The third kappa shape index (κ3) is 2.31. The second-order valence-corrected chi connectivity index (χ2v) is 3.97. The van der Waals surface area contributed by atoms with Crippen LogP contribution in [0.2, 0.25) is 0 Å². The molecule has 0 saturated carbocycles. The SMILES string of the molecule is CCC(N)Cn1cncc1-c1ccccc1. The first-order chi connectivity index (χ1) is 7.81. The first-order valence-electron chi connectivity index (χ1n) is 5.62. The molecule has 3 heteroatoms. The van der Waals surface area contributed by atoms with Crippen LogP contribution in [0, 0.1) is 0 Å². The highest BCUT2D eigenvalue weighted by Gasteiger charge is 2.07. The van der Waals surface area contributed by atoms with Gasteiger partial charge >= 0.3 is 0 Å². The lowest BCUT2D eigenvalue weighted by atomic mass is 10.1. The minimum Gasteiger partial charge on any atom is -0.329 e. The van der Waals surface area contributed by atoms with Gasteiger partial charge in [0.25, 0.3) is 0 Å². The summed E-state index contributed by atoms with van der Waals surface area (Å²) in [5.41, 5.74) is 8.28. The molecule has 0 aliphatic rings. The Hall–Kier alpha value is -1.61. The number of rotatable bonds is 4. The summed E-state index contributed by atoms with van der Waals surface area (Å²) in [5, 5.41) is 0. The molecule has 2 N–H and O–H groups in total. The van der Waals surface area contributed by atoms with E-state index in [4.69, 9.17) is 5.73 Å². The fourth-order valence-corrected chi connectivity index (χ4v) is 1.70. The van der Waals surface area contributed by atoms with Gasteiger partial charge in [-0.25, -0.2) is 4.98 Å². The van der Waals surface area contributed by atoms with E-state index in [1.807, 2.05) is 30.7 Å². The molecule has 1 heterocycles. The standard InChI is InChI=1S/C13H17N3/c1-2-12(14)9-16-10-15-8-13(16)11-6-4-3-5-7-11/h3-8,10,12H,2,9,14H2,1H3. The van der Waals surface area contributed by atoms with Gasteiger partial charge in [0.1, 0.15) is 0 Å². The van der Waals surface area contributed by atoms with Gasteiger partial charge in [-0.3, -0.25) is 0 Å². The summed E-state index contributed by atoms with van der Waals surface area (Å²) in [6.45, 7) is 2.92. The van der Waals surface area contributed by atoms with Crippen LogP contribution < -0.4 is 5.73 Å². The minimum absolute atomic E-state index is 0.191. The molecule has 16 heavy (non-hydrogen) atoms. The molecule has 0 aliphatic heterocycles. The molecule has 1 atom stereocenters. The minimum atomic E-state index is 0.191. The normalized spacial score (nSPS) is 12.6. The molecular formula is C13H17N3. The van der Waals surface area contributed by atoms with Gasteiger partial charge in [0.2, 0.25) is 0 Å². The number of nitrogens with two attached hydrogens (primary N) is 1. The number of nitrogens with zero attached hydrogens (tertiary/aromatic N) is 2. The predicted molar refractivity (Wildman–Crippen MR) is 65.9 cm³/mol. The van der Waals surface area contributed by atoms with Crippen LogP contribution in [-0.4, -0.2) is 15.6 Å². The van der Waals surface area contributed by atoms with Crippen LogP contribution in [0.1, 0.15) is 13.3 Å². The first-order valence-corrected chi connectivity index (χ1v) is 5.62. The number of hydrogen-bond donors (Lipinski definition) is 1. The Morgan fingerprint density at radius 1 is 1.31 bits per heavy atom. The van der Waals surface area contributed by atoms with Gasteiger partial charge in [-0.15, -0.1) is 0 Å². The second kappa shape index (κ2) is 4.94. The van der Waals surface area contributed by atoms with Crippen LogP contribution in [0.25, 0.3) is 11.3 Å². The van der Waals surface area contributed by atoms with E-state index in [9.17, 15) is 0 Å². The Morgan fingerprint density at radius 3 is 2.75 bits per heavy atom. The Kier molecular flexibility index (Phi) is 3.37. The number of benzene rings is 1. The van der Waals surface area contributed by atoms with E-state index in [2.05, 4.69) is 28.6 Å². The molecule has 1 unspecified atom stereocenters. The molecular weight excluding hydrogens is 198 g/mol. The molecule has 0 amide bonds. The van der Waals surface area contributed by atoms with Crippen LogP contribution in [-0.2, 0) is 6.54 Å². The van der Waals surface area contributed by atoms with Crippen LogP contribution in [0.5, 0.6) is 0 Å². The Morgan fingerprint density at radius 2 is 2.06 bits per heavy atom. The van der Waals surface area contributed by atoms with E-state index in [0.717, 1.165) is 18.7 Å². The Balaban J connectivity index is 2.26. The number of aromatic nitrogens is 2. The molecule has 0 radical (unpaired) electrons. The van der Waals surface area contributed by atoms with Crippen molar-refractivity contribution in [2.75, 3.05) is 0 Å². The number of hydrogen-bond acceptors (Lipinski definition) is 2. The molecule has 84 valence electrons. The van der Waals surface area contributed by atoms with Crippen LogP contribution >= 0.6 is 0 Å². The molecule has 1 aromatic heterocycles. The summed E-state index contributed by atoms with van der Waals surface area (Å²) in [7, 11) is 0. The predicted octanol–water partition coefficient (Wildman–Crippen LogP) is 2.29. The van der Waals surface area contributed by atoms with Gasteiger partial charge in [0.05, 0.1) is 18.2 Å². The molecule has 0 saturated heterocycles. The molecule has 3 nitrogen and oxygen atoms in total. The van der Waals surface area contributed by atoms with Gasteiger partial charge in [-0.05, 0) is 12.0 Å². The molecule has 0 spiro atoms. The van der Waals surface area contributed by atoms with Crippen molar-refractivity contribution in [1.82, 2.24) is 9.55 Å². The maximum absolute atomic E-state index is 5.96. The quantitative estimate of drug-likeness (QED) is 0.850. The highest BCUT2D eigenvalue weighted by Crippen LogP contribution is 2.18. The summed E-state index contributed by atoms with van der Waals surface area (Å²) in [4.78, 5) is 4.19. The average molecular weight is 215 g/mol. The van der Waals surface area contributed by atoms with Crippen molar-refractivity contribution < 1.29 is 0 Å². The molecule has 0 fully saturated rings. The van der Waals surface area contributed by atoms with E-state index in [1.54, 1.807) is 0 Å². The van der Waals surface area contributed by atoms with Gasteiger partial charge in [-0.1, -0.05) is 37.3 Å². The maximum Gasteiger partial charge on any atom is 0.0951 e. The van der Waals surface area contributed by atoms with Crippen LogP contribution in [0.15, 0.2) is 42.9 Å². The summed E-state index contributed by atoms with van der Waals surface area (Å²) >= 11 is 0. The maximum atomic E-state index is 5.96. The molecule has 0 bridgehead atoms. The van der Waals surface area contributed by atoms with Gasteiger partial charge < -0.3 is 10.3 Å². The monoisotopic (exact) mass is 215 g/mol. The first kappa shape index (κ1) is 10.9. The van der Waals surface area contributed by atoms with Crippen LogP contribution in [0.4, 0.5) is 0 Å². The topological polar surface area (TPSA) is 43.8 Å². The van der Waals surface area contributed by atoms with Crippen molar-refractivity contribution in [3.8, 4) is 11.3 Å². The summed E-state index contributed by atoms with van der Waals surface area (Å²) < 4.78 is 2.11. The van der Waals surface area contributed by atoms with Gasteiger partial charge in [0, 0.05) is 12.6 Å². The fourth-order valence-electron chi connectivity index (χ4n) is 1.70.